The minimum absolute atomic E-state index is 0.351. The van der Waals surface area contributed by atoms with Crippen LogP contribution >= 0.6 is 0 Å². The van der Waals surface area contributed by atoms with E-state index in [9.17, 15) is 0 Å². The molecule has 2 rings (SSSR count). The van der Waals surface area contributed by atoms with Gasteiger partial charge in [-0.25, -0.2) is 0 Å². The molecule has 110 valence electrons. The van der Waals surface area contributed by atoms with Crippen LogP contribution in [0.4, 0.5) is 0 Å². The van der Waals surface area contributed by atoms with Gasteiger partial charge in [-0.3, -0.25) is 0 Å². The van der Waals surface area contributed by atoms with Gasteiger partial charge in [0.05, 0.1) is 19.0 Å². The van der Waals surface area contributed by atoms with E-state index in [4.69, 9.17) is 13.9 Å². The van der Waals surface area contributed by atoms with Gasteiger partial charge in [-0.2, -0.15) is 0 Å². The molecule has 2 aliphatic rings. The van der Waals surface area contributed by atoms with Gasteiger partial charge in [-0.15, -0.1) is 0 Å². The molecule has 0 aromatic rings. The lowest BCUT2D eigenvalue weighted by atomic mass is 9.91. The second-order valence-electron chi connectivity index (χ2n) is 7.06. The Morgan fingerprint density at radius 3 is 2.53 bits per heavy atom. The Balaban J connectivity index is 1.86. The van der Waals surface area contributed by atoms with Gasteiger partial charge in [0.25, 0.3) is 0 Å². The van der Waals surface area contributed by atoms with Crippen LogP contribution in [0, 0.1) is 11.8 Å². The highest BCUT2D eigenvalue weighted by atomic mass is 28.4. The topological polar surface area (TPSA) is 27.7 Å². The summed E-state index contributed by atoms with van der Waals surface area (Å²) in [7, 11) is -1.46. The van der Waals surface area contributed by atoms with E-state index in [0.29, 0.717) is 11.8 Å². The van der Waals surface area contributed by atoms with Crippen LogP contribution < -0.4 is 0 Å². The summed E-state index contributed by atoms with van der Waals surface area (Å²) in [5.74, 6) is 2.15. The zero-order valence-corrected chi connectivity index (χ0v) is 14.0. The molecule has 0 aromatic carbocycles. The summed E-state index contributed by atoms with van der Waals surface area (Å²) in [4.78, 5) is 0. The molecule has 1 aliphatic heterocycles. The number of ether oxygens (including phenoxy) is 2. The molecule has 1 saturated heterocycles. The molecule has 19 heavy (non-hydrogen) atoms. The zero-order valence-electron chi connectivity index (χ0n) is 13.0. The first-order valence-corrected chi connectivity index (χ1v) is 10.9. The third-order valence-corrected chi connectivity index (χ3v) is 4.80. The van der Waals surface area contributed by atoms with Crippen molar-refractivity contribution >= 4 is 8.32 Å². The minimum Gasteiger partial charge on any atom is -0.548 e. The molecule has 0 bridgehead atoms. The monoisotopic (exact) mass is 284 g/mol. The third kappa shape index (κ3) is 4.33. The molecule has 0 N–H and O–H groups in total. The minimum atomic E-state index is -1.46. The van der Waals surface area contributed by atoms with Crippen LogP contribution in [-0.4, -0.2) is 27.3 Å². The van der Waals surface area contributed by atoms with Gasteiger partial charge < -0.3 is 13.9 Å². The molecule has 0 radical (unpaired) electrons. The molecule has 4 heteroatoms. The fourth-order valence-electron chi connectivity index (χ4n) is 2.91. The van der Waals surface area contributed by atoms with E-state index in [1.165, 1.54) is 5.76 Å². The van der Waals surface area contributed by atoms with Crippen molar-refractivity contribution in [2.75, 3.05) is 13.2 Å². The highest BCUT2D eigenvalue weighted by molar-refractivity contribution is 6.70. The summed E-state index contributed by atoms with van der Waals surface area (Å²) in [5, 5.41) is 0. The Kier molecular flexibility index (Phi) is 4.43. The van der Waals surface area contributed by atoms with Crippen LogP contribution in [0.15, 0.2) is 11.8 Å². The zero-order chi connectivity index (χ0) is 14.1. The maximum absolute atomic E-state index is 6.13. The van der Waals surface area contributed by atoms with Crippen LogP contribution in [0.5, 0.6) is 0 Å². The quantitative estimate of drug-likeness (QED) is 0.716. The van der Waals surface area contributed by atoms with Crippen LogP contribution in [-0.2, 0) is 13.9 Å². The number of allylic oxidation sites excluding steroid dienone is 2. The van der Waals surface area contributed by atoms with E-state index in [-0.39, 0.29) is 5.79 Å². The molecule has 1 aliphatic carbocycles. The van der Waals surface area contributed by atoms with E-state index < -0.39 is 8.32 Å². The Morgan fingerprint density at radius 1 is 1.32 bits per heavy atom. The molecule has 2 atom stereocenters. The largest absolute Gasteiger partial charge is 0.548 e. The van der Waals surface area contributed by atoms with Gasteiger partial charge in [-0.05, 0) is 50.9 Å². The fraction of sp³-hybridized carbons (Fsp3) is 0.867. The molecule has 1 fully saturated rings. The molecule has 0 aromatic heterocycles. The van der Waals surface area contributed by atoms with Crippen molar-refractivity contribution < 1.29 is 13.9 Å². The average molecular weight is 284 g/mol. The lowest BCUT2D eigenvalue weighted by molar-refractivity contribution is -0.149. The van der Waals surface area contributed by atoms with Crippen molar-refractivity contribution in [1.29, 1.82) is 0 Å². The molecule has 3 nitrogen and oxygen atoms in total. The van der Waals surface area contributed by atoms with Crippen molar-refractivity contribution in [2.24, 2.45) is 11.8 Å². The molecular formula is C15H28O3Si. The summed E-state index contributed by atoms with van der Waals surface area (Å²) >= 11 is 0. The second-order valence-corrected chi connectivity index (χ2v) is 11.5. The SMILES string of the molecule is C[C@H]1CC(O[Si](C)(C)C)=CC1CCC1(C)OCCO1. The fourth-order valence-corrected chi connectivity index (χ4v) is 3.84. The highest BCUT2D eigenvalue weighted by Crippen LogP contribution is 2.37. The summed E-state index contributed by atoms with van der Waals surface area (Å²) in [6.45, 7) is 12.6. The van der Waals surface area contributed by atoms with Gasteiger partial charge in [-0.1, -0.05) is 6.92 Å². The number of rotatable bonds is 5. The van der Waals surface area contributed by atoms with E-state index in [1.54, 1.807) is 0 Å². The average Bonchev–Trinajstić information content (AvgIpc) is 2.81. The Hall–Kier alpha value is -0.323. The first kappa shape index (κ1) is 15.1. The Labute approximate surface area is 118 Å². The van der Waals surface area contributed by atoms with E-state index >= 15 is 0 Å². The van der Waals surface area contributed by atoms with E-state index in [0.717, 1.165) is 32.5 Å². The predicted octanol–water partition coefficient (Wildman–Crippen LogP) is 3.92. The van der Waals surface area contributed by atoms with Gasteiger partial charge in [0.2, 0.25) is 8.32 Å². The van der Waals surface area contributed by atoms with Crippen molar-refractivity contribution in [3.8, 4) is 0 Å². The molecule has 0 amide bonds. The van der Waals surface area contributed by atoms with Crippen LogP contribution in [0.2, 0.25) is 19.6 Å². The van der Waals surface area contributed by atoms with Crippen LogP contribution in [0.1, 0.15) is 33.1 Å². The lowest BCUT2D eigenvalue weighted by Gasteiger charge is -2.24. The van der Waals surface area contributed by atoms with Crippen molar-refractivity contribution in [1.82, 2.24) is 0 Å². The maximum atomic E-state index is 6.13. The first-order valence-electron chi connectivity index (χ1n) is 7.45. The molecule has 1 unspecified atom stereocenters. The number of hydrogen-bond donors (Lipinski definition) is 0. The maximum Gasteiger partial charge on any atom is 0.241 e. The molecule has 0 saturated carbocycles. The van der Waals surface area contributed by atoms with Gasteiger partial charge in [0.1, 0.15) is 0 Å². The summed E-state index contributed by atoms with van der Waals surface area (Å²) in [5.41, 5.74) is 0. The van der Waals surface area contributed by atoms with Gasteiger partial charge in [0, 0.05) is 12.8 Å². The van der Waals surface area contributed by atoms with Gasteiger partial charge >= 0.3 is 0 Å². The number of hydrogen-bond acceptors (Lipinski definition) is 3. The van der Waals surface area contributed by atoms with Crippen LogP contribution in [0.25, 0.3) is 0 Å². The van der Waals surface area contributed by atoms with Crippen molar-refractivity contribution in [2.45, 2.75) is 58.5 Å². The third-order valence-electron chi connectivity index (χ3n) is 3.92. The second kappa shape index (κ2) is 5.58. The Morgan fingerprint density at radius 2 is 1.95 bits per heavy atom. The standard InChI is InChI=1S/C15H28O3Si/c1-12-10-14(18-19(3,4)5)11-13(12)6-7-15(2)16-8-9-17-15/h11-13H,6-10H2,1-5H3/t12-,13?/m0/s1. The van der Waals surface area contributed by atoms with Gasteiger partial charge in [0.15, 0.2) is 5.79 Å². The summed E-state index contributed by atoms with van der Waals surface area (Å²) < 4.78 is 17.5. The lowest BCUT2D eigenvalue weighted by Crippen LogP contribution is -2.26. The summed E-state index contributed by atoms with van der Waals surface area (Å²) in [6.07, 6.45) is 5.53. The smallest absolute Gasteiger partial charge is 0.241 e. The van der Waals surface area contributed by atoms with E-state index in [1.807, 2.05) is 0 Å². The van der Waals surface area contributed by atoms with Crippen molar-refractivity contribution in [3.05, 3.63) is 11.8 Å². The highest BCUT2D eigenvalue weighted by Gasteiger charge is 2.34. The Bertz CT molecular complexity index is 340. The molecule has 0 spiro atoms. The predicted molar refractivity (Wildman–Crippen MR) is 79.3 cm³/mol. The van der Waals surface area contributed by atoms with E-state index in [2.05, 4.69) is 39.6 Å². The molecular weight excluding hydrogens is 256 g/mol. The van der Waals surface area contributed by atoms with Crippen LogP contribution in [0.3, 0.4) is 0 Å². The summed E-state index contributed by atoms with van der Waals surface area (Å²) in [6, 6.07) is 0. The first-order chi connectivity index (χ1) is 8.77. The normalized spacial score (nSPS) is 30.5. The molecule has 1 heterocycles. The van der Waals surface area contributed by atoms with Crippen molar-refractivity contribution in [3.63, 3.8) is 0 Å².